The molecule has 5 heteroatoms. The zero-order valence-corrected chi connectivity index (χ0v) is 11.2. The fraction of sp³-hybridized carbons (Fsp3) is 0.143. The smallest absolute Gasteiger partial charge is 0.207 e. The number of alkyl halides is 4. The molecule has 0 unspecified atom stereocenters. The quantitative estimate of drug-likeness (QED) is 0.509. The van der Waals surface area contributed by atoms with E-state index < -0.39 is 17.6 Å². The first-order valence-electron chi connectivity index (χ1n) is 5.43. The Bertz CT molecular complexity index is 590. The van der Waals surface area contributed by atoms with E-state index in [1.54, 1.807) is 6.07 Å². The first kappa shape index (κ1) is 14.1. The lowest BCUT2D eigenvalue weighted by molar-refractivity contribution is -0.137. The minimum Gasteiger partial charge on any atom is -0.207 e. The molecule has 2 aromatic carbocycles. The van der Waals surface area contributed by atoms with E-state index in [9.17, 15) is 17.6 Å². The molecule has 0 heterocycles. The minimum atomic E-state index is -4.40. The first-order chi connectivity index (χ1) is 8.90. The molecule has 0 atom stereocenters. The Hall–Kier alpha value is -1.36. The topological polar surface area (TPSA) is 0 Å². The number of halogens is 5. The summed E-state index contributed by atoms with van der Waals surface area (Å²) in [7, 11) is 0. The zero-order valence-electron chi connectivity index (χ0n) is 9.64. The van der Waals surface area contributed by atoms with Crippen LogP contribution >= 0.6 is 15.9 Å². The molecular weight excluding hydrogens is 324 g/mol. The third-order valence-electron chi connectivity index (χ3n) is 2.64. The van der Waals surface area contributed by atoms with E-state index in [4.69, 9.17) is 0 Å². The molecule has 0 aliphatic heterocycles. The van der Waals surface area contributed by atoms with Crippen molar-refractivity contribution in [2.75, 3.05) is 0 Å². The van der Waals surface area contributed by atoms with Gasteiger partial charge in [-0.1, -0.05) is 34.1 Å². The summed E-state index contributed by atoms with van der Waals surface area (Å²) in [6, 6.07) is 9.08. The van der Waals surface area contributed by atoms with Crippen LogP contribution in [0.2, 0.25) is 0 Å². The largest absolute Gasteiger partial charge is 0.416 e. The van der Waals surface area contributed by atoms with Crippen LogP contribution in [-0.4, -0.2) is 0 Å². The van der Waals surface area contributed by atoms with Crippen molar-refractivity contribution < 1.29 is 17.6 Å². The van der Waals surface area contributed by atoms with E-state index in [0.29, 0.717) is 22.0 Å². The highest BCUT2D eigenvalue weighted by Crippen LogP contribution is 2.32. The molecule has 0 aliphatic carbocycles. The van der Waals surface area contributed by atoms with Gasteiger partial charge in [-0.25, -0.2) is 4.39 Å². The molecule has 0 nitrogen and oxygen atoms in total. The molecule has 0 aromatic heterocycles. The van der Waals surface area contributed by atoms with Crippen molar-refractivity contribution in [1.29, 1.82) is 0 Å². The molecule has 100 valence electrons. The predicted molar refractivity (Wildman–Crippen MR) is 69.5 cm³/mol. The highest BCUT2D eigenvalue weighted by molar-refractivity contribution is 9.08. The van der Waals surface area contributed by atoms with E-state index in [1.165, 1.54) is 24.3 Å². The van der Waals surface area contributed by atoms with Crippen LogP contribution < -0.4 is 0 Å². The average Bonchev–Trinajstić information content (AvgIpc) is 2.37. The van der Waals surface area contributed by atoms with Crippen molar-refractivity contribution in [3.8, 4) is 11.1 Å². The summed E-state index contributed by atoms with van der Waals surface area (Å²) in [6.45, 7) is 0. The molecule has 0 spiro atoms. The third-order valence-corrected chi connectivity index (χ3v) is 3.28. The fourth-order valence-electron chi connectivity index (χ4n) is 1.77. The maximum Gasteiger partial charge on any atom is 0.416 e. The van der Waals surface area contributed by atoms with E-state index in [0.717, 1.165) is 12.1 Å². The number of benzene rings is 2. The van der Waals surface area contributed by atoms with E-state index in [2.05, 4.69) is 15.9 Å². The van der Waals surface area contributed by atoms with Gasteiger partial charge in [-0.2, -0.15) is 13.2 Å². The summed E-state index contributed by atoms with van der Waals surface area (Å²) in [6.07, 6.45) is -4.40. The van der Waals surface area contributed by atoms with Crippen LogP contribution in [0, 0.1) is 5.82 Å². The Kier molecular flexibility index (Phi) is 3.94. The lowest BCUT2D eigenvalue weighted by Crippen LogP contribution is -2.04. The maximum absolute atomic E-state index is 13.4. The van der Waals surface area contributed by atoms with Crippen molar-refractivity contribution in [3.63, 3.8) is 0 Å². The van der Waals surface area contributed by atoms with Gasteiger partial charge in [0.15, 0.2) is 0 Å². The van der Waals surface area contributed by atoms with Crippen LogP contribution in [0.4, 0.5) is 17.6 Å². The second-order valence-corrected chi connectivity index (χ2v) is 4.62. The van der Waals surface area contributed by atoms with Gasteiger partial charge >= 0.3 is 6.18 Å². The van der Waals surface area contributed by atoms with Crippen LogP contribution in [0.15, 0.2) is 42.5 Å². The van der Waals surface area contributed by atoms with E-state index >= 15 is 0 Å². The van der Waals surface area contributed by atoms with Gasteiger partial charge in [0.05, 0.1) is 5.56 Å². The lowest BCUT2D eigenvalue weighted by Gasteiger charge is -2.09. The zero-order chi connectivity index (χ0) is 14.0. The fourth-order valence-corrected chi connectivity index (χ4v) is 2.09. The highest BCUT2D eigenvalue weighted by atomic mass is 79.9. The average molecular weight is 333 g/mol. The standard InChI is InChI=1S/C14H9BrF4/c15-8-9-4-11(7-13(16)5-9)10-2-1-3-12(6-10)14(17,18)19/h1-7H,8H2. The second kappa shape index (κ2) is 5.33. The van der Waals surface area contributed by atoms with Crippen LogP contribution in [0.1, 0.15) is 11.1 Å². The summed E-state index contributed by atoms with van der Waals surface area (Å²) >= 11 is 3.20. The molecular formula is C14H9BrF4. The number of rotatable bonds is 2. The predicted octanol–water partition coefficient (Wildman–Crippen LogP) is 5.41. The van der Waals surface area contributed by atoms with Crippen molar-refractivity contribution in [2.24, 2.45) is 0 Å². The Morgan fingerprint density at radius 3 is 2.32 bits per heavy atom. The maximum atomic E-state index is 13.4. The van der Waals surface area contributed by atoms with Gasteiger partial charge in [0.2, 0.25) is 0 Å². The Balaban J connectivity index is 2.50. The van der Waals surface area contributed by atoms with Gasteiger partial charge in [-0.15, -0.1) is 0 Å². The molecule has 0 saturated carbocycles. The molecule has 0 N–H and O–H groups in total. The summed E-state index contributed by atoms with van der Waals surface area (Å²) < 4.78 is 51.3. The van der Waals surface area contributed by atoms with Crippen LogP contribution in [0.5, 0.6) is 0 Å². The molecule has 0 fully saturated rings. The van der Waals surface area contributed by atoms with Crippen LogP contribution in [0.25, 0.3) is 11.1 Å². The molecule has 0 aliphatic rings. The third kappa shape index (κ3) is 3.35. The SMILES string of the molecule is Fc1cc(CBr)cc(-c2cccc(C(F)(F)F)c2)c1. The van der Waals surface area contributed by atoms with Crippen molar-refractivity contribution >= 4 is 15.9 Å². The summed E-state index contributed by atoms with van der Waals surface area (Å²) in [5.41, 5.74) is 0.708. The van der Waals surface area contributed by atoms with Crippen molar-refractivity contribution in [1.82, 2.24) is 0 Å². The number of hydrogen-bond donors (Lipinski definition) is 0. The van der Waals surface area contributed by atoms with Gasteiger partial charge < -0.3 is 0 Å². The van der Waals surface area contributed by atoms with E-state index in [1.807, 2.05) is 0 Å². The molecule has 0 bridgehead atoms. The number of hydrogen-bond acceptors (Lipinski definition) is 0. The highest BCUT2D eigenvalue weighted by Gasteiger charge is 2.30. The minimum absolute atomic E-state index is 0.344. The molecule has 0 saturated heterocycles. The van der Waals surface area contributed by atoms with Gasteiger partial charge in [0, 0.05) is 5.33 Å². The normalized spacial score (nSPS) is 11.6. The first-order valence-corrected chi connectivity index (χ1v) is 6.55. The second-order valence-electron chi connectivity index (χ2n) is 4.06. The molecule has 2 rings (SSSR count). The van der Waals surface area contributed by atoms with Gasteiger partial charge in [0.1, 0.15) is 5.82 Å². The van der Waals surface area contributed by atoms with E-state index in [-0.39, 0.29) is 0 Å². The molecule has 0 amide bonds. The monoisotopic (exact) mass is 332 g/mol. The van der Waals surface area contributed by atoms with Crippen molar-refractivity contribution in [2.45, 2.75) is 11.5 Å². The molecule has 2 aromatic rings. The van der Waals surface area contributed by atoms with Gasteiger partial charge in [-0.05, 0) is 41.0 Å². The Morgan fingerprint density at radius 1 is 0.947 bits per heavy atom. The lowest BCUT2D eigenvalue weighted by atomic mass is 10.0. The van der Waals surface area contributed by atoms with Crippen LogP contribution in [-0.2, 0) is 11.5 Å². The summed E-state index contributed by atoms with van der Waals surface area (Å²) in [4.78, 5) is 0. The summed E-state index contributed by atoms with van der Waals surface area (Å²) in [5, 5.41) is 0.441. The van der Waals surface area contributed by atoms with Crippen molar-refractivity contribution in [3.05, 3.63) is 59.4 Å². The summed E-state index contributed by atoms with van der Waals surface area (Å²) in [5.74, 6) is -0.468. The van der Waals surface area contributed by atoms with Crippen LogP contribution in [0.3, 0.4) is 0 Å². The molecule has 19 heavy (non-hydrogen) atoms. The van der Waals surface area contributed by atoms with Gasteiger partial charge in [-0.3, -0.25) is 0 Å². The Morgan fingerprint density at radius 2 is 1.68 bits per heavy atom. The Labute approximate surface area is 116 Å². The van der Waals surface area contributed by atoms with Gasteiger partial charge in [0.25, 0.3) is 0 Å². The molecule has 0 radical (unpaired) electrons.